The maximum atomic E-state index is 11.9. The second kappa shape index (κ2) is 4.59. The number of aryl methyl sites for hydroxylation is 1. The summed E-state index contributed by atoms with van der Waals surface area (Å²) in [7, 11) is 0. The van der Waals surface area contributed by atoms with E-state index in [1.807, 2.05) is 31.2 Å². The van der Waals surface area contributed by atoms with Gasteiger partial charge in [-0.05, 0) is 19.9 Å². The Balaban J connectivity index is 2.35. The van der Waals surface area contributed by atoms with Crippen LogP contribution in [0.15, 0.2) is 28.7 Å². The molecule has 0 aliphatic heterocycles. The molecule has 4 nitrogen and oxygen atoms in total. The predicted octanol–water partition coefficient (Wildman–Crippen LogP) is 1.85. The molecular weight excluding hydrogens is 218 g/mol. The van der Waals surface area contributed by atoms with Gasteiger partial charge in [-0.15, -0.1) is 0 Å². The highest BCUT2D eigenvalue weighted by molar-refractivity contribution is 5.98. The summed E-state index contributed by atoms with van der Waals surface area (Å²) in [4.78, 5) is 11.9. The fraction of sp³-hybridized carbons (Fsp3) is 0.308. The Morgan fingerprint density at radius 3 is 2.82 bits per heavy atom. The molecule has 0 fully saturated rings. The molecule has 0 radical (unpaired) electrons. The number of para-hydroxylation sites is 1. The lowest BCUT2D eigenvalue weighted by atomic mass is 10.1. The minimum Gasteiger partial charge on any atom is -0.451 e. The Kier molecular flexibility index (Phi) is 3.15. The molecular formula is C13H15NO3. The molecule has 1 amide bonds. The van der Waals surface area contributed by atoms with Crippen LogP contribution in [0.4, 0.5) is 0 Å². The lowest BCUT2D eigenvalue weighted by Crippen LogP contribution is -2.35. The molecule has 0 saturated heterocycles. The number of benzene rings is 1. The molecule has 17 heavy (non-hydrogen) atoms. The highest BCUT2D eigenvalue weighted by atomic mass is 16.3. The van der Waals surface area contributed by atoms with Crippen LogP contribution in [0.2, 0.25) is 0 Å². The number of furan rings is 1. The van der Waals surface area contributed by atoms with Crippen molar-refractivity contribution in [2.45, 2.75) is 19.9 Å². The van der Waals surface area contributed by atoms with Crippen molar-refractivity contribution in [1.29, 1.82) is 0 Å². The number of nitrogens with one attached hydrogen (secondary N) is 1. The quantitative estimate of drug-likeness (QED) is 0.850. The highest BCUT2D eigenvalue weighted by Crippen LogP contribution is 2.24. The number of amides is 1. The lowest BCUT2D eigenvalue weighted by Gasteiger charge is -2.09. The van der Waals surface area contributed by atoms with Gasteiger partial charge in [0.2, 0.25) is 0 Å². The maximum absolute atomic E-state index is 11.9. The van der Waals surface area contributed by atoms with Gasteiger partial charge < -0.3 is 14.8 Å². The number of aliphatic hydroxyl groups excluding tert-OH is 1. The Hall–Kier alpha value is -1.81. The molecule has 0 aliphatic rings. The van der Waals surface area contributed by atoms with E-state index >= 15 is 0 Å². The molecule has 0 spiro atoms. The van der Waals surface area contributed by atoms with Gasteiger partial charge in [0.15, 0.2) is 5.76 Å². The number of rotatable bonds is 3. The lowest BCUT2D eigenvalue weighted by molar-refractivity contribution is 0.0895. The Morgan fingerprint density at radius 1 is 1.47 bits per heavy atom. The standard InChI is InChI=1S/C13H15NO3/c1-8(7-15)14-13(16)12-9(2)10-5-3-4-6-11(10)17-12/h3-6,8,15H,7H2,1-2H3,(H,14,16). The van der Waals surface area contributed by atoms with Crippen LogP contribution in [0.5, 0.6) is 0 Å². The van der Waals surface area contributed by atoms with Crippen LogP contribution < -0.4 is 5.32 Å². The second-order valence-corrected chi connectivity index (χ2v) is 4.11. The van der Waals surface area contributed by atoms with Crippen LogP contribution in [0.1, 0.15) is 23.0 Å². The normalized spacial score (nSPS) is 12.6. The third kappa shape index (κ3) is 2.17. The molecule has 1 aromatic heterocycles. The van der Waals surface area contributed by atoms with Gasteiger partial charge in [-0.2, -0.15) is 0 Å². The molecule has 1 atom stereocenters. The fourth-order valence-corrected chi connectivity index (χ4v) is 1.73. The van der Waals surface area contributed by atoms with Crippen molar-refractivity contribution in [3.8, 4) is 0 Å². The summed E-state index contributed by atoms with van der Waals surface area (Å²) < 4.78 is 5.51. The predicted molar refractivity (Wildman–Crippen MR) is 65.0 cm³/mol. The molecule has 1 aromatic carbocycles. The van der Waals surface area contributed by atoms with E-state index in [1.54, 1.807) is 6.92 Å². The number of aliphatic hydroxyl groups is 1. The topological polar surface area (TPSA) is 62.5 Å². The zero-order valence-electron chi connectivity index (χ0n) is 9.86. The van der Waals surface area contributed by atoms with Crippen molar-refractivity contribution in [3.05, 3.63) is 35.6 Å². The van der Waals surface area contributed by atoms with Crippen LogP contribution in [0, 0.1) is 6.92 Å². The third-order valence-electron chi connectivity index (χ3n) is 2.70. The van der Waals surface area contributed by atoms with E-state index in [-0.39, 0.29) is 18.6 Å². The molecule has 0 saturated carbocycles. The van der Waals surface area contributed by atoms with Crippen LogP contribution in [-0.4, -0.2) is 23.7 Å². The summed E-state index contributed by atoms with van der Waals surface area (Å²) in [6, 6.07) is 7.23. The summed E-state index contributed by atoms with van der Waals surface area (Å²) >= 11 is 0. The number of carbonyl (C=O) groups is 1. The van der Waals surface area contributed by atoms with Crippen molar-refractivity contribution in [2.24, 2.45) is 0 Å². The maximum Gasteiger partial charge on any atom is 0.287 e. The van der Waals surface area contributed by atoms with E-state index < -0.39 is 0 Å². The van der Waals surface area contributed by atoms with Crippen LogP contribution in [0.3, 0.4) is 0 Å². The monoisotopic (exact) mass is 233 g/mol. The molecule has 0 aliphatic carbocycles. The van der Waals surface area contributed by atoms with E-state index in [9.17, 15) is 4.79 Å². The first-order valence-electron chi connectivity index (χ1n) is 5.53. The third-order valence-corrected chi connectivity index (χ3v) is 2.70. The summed E-state index contributed by atoms with van der Waals surface area (Å²) in [6.45, 7) is 3.49. The largest absolute Gasteiger partial charge is 0.451 e. The molecule has 0 bridgehead atoms. The summed E-state index contributed by atoms with van der Waals surface area (Å²) in [5, 5.41) is 12.5. The van der Waals surface area contributed by atoms with Gasteiger partial charge in [-0.3, -0.25) is 4.79 Å². The average Bonchev–Trinajstić information content (AvgIpc) is 2.67. The molecule has 2 rings (SSSR count). The number of fused-ring (bicyclic) bond motifs is 1. The second-order valence-electron chi connectivity index (χ2n) is 4.11. The van der Waals surface area contributed by atoms with E-state index in [0.29, 0.717) is 11.3 Å². The van der Waals surface area contributed by atoms with E-state index in [0.717, 1.165) is 10.9 Å². The fourth-order valence-electron chi connectivity index (χ4n) is 1.73. The number of hydrogen-bond donors (Lipinski definition) is 2. The minimum absolute atomic E-state index is 0.0922. The van der Waals surface area contributed by atoms with Crippen LogP contribution >= 0.6 is 0 Å². The van der Waals surface area contributed by atoms with E-state index in [2.05, 4.69) is 5.32 Å². The van der Waals surface area contributed by atoms with Crippen molar-refractivity contribution in [2.75, 3.05) is 6.61 Å². The number of carbonyl (C=O) groups excluding carboxylic acids is 1. The summed E-state index contributed by atoms with van der Waals surface area (Å²) in [6.07, 6.45) is 0. The first-order valence-corrected chi connectivity index (χ1v) is 5.53. The first kappa shape index (κ1) is 11.7. The van der Waals surface area contributed by atoms with E-state index in [4.69, 9.17) is 9.52 Å². The Morgan fingerprint density at radius 2 is 2.18 bits per heavy atom. The molecule has 2 aromatic rings. The van der Waals surface area contributed by atoms with Gasteiger partial charge in [-0.1, -0.05) is 18.2 Å². The summed E-state index contributed by atoms with van der Waals surface area (Å²) in [5.74, 6) is 0.0201. The minimum atomic E-state index is -0.291. The van der Waals surface area contributed by atoms with Gasteiger partial charge in [0, 0.05) is 17.0 Å². The Labute approximate surface area is 99.2 Å². The smallest absolute Gasteiger partial charge is 0.287 e. The van der Waals surface area contributed by atoms with E-state index in [1.165, 1.54) is 0 Å². The zero-order chi connectivity index (χ0) is 12.4. The molecule has 4 heteroatoms. The van der Waals surface area contributed by atoms with Crippen molar-refractivity contribution < 1.29 is 14.3 Å². The van der Waals surface area contributed by atoms with Gasteiger partial charge in [0.25, 0.3) is 5.91 Å². The number of hydrogen-bond acceptors (Lipinski definition) is 3. The SMILES string of the molecule is Cc1c(C(=O)NC(C)CO)oc2ccccc12. The molecule has 1 unspecified atom stereocenters. The summed E-state index contributed by atoms with van der Waals surface area (Å²) in [5.41, 5.74) is 1.52. The van der Waals surface area contributed by atoms with Gasteiger partial charge in [0.1, 0.15) is 5.58 Å². The van der Waals surface area contributed by atoms with Crippen molar-refractivity contribution in [1.82, 2.24) is 5.32 Å². The molecule has 1 heterocycles. The molecule has 2 N–H and O–H groups in total. The van der Waals surface area contributed by atoms with Crippen molar-refractivity contribution in [3.63, 3.8) is 0 Å². The first-order chi connectivity index (χ1) is 8.13. The zero-order valence-corrected chi connectivity index (χ0v) is 9.86. The van der Waals surface area contributed by atoms with Gasteiger partial charge in [-0.25, -0.2) is 0 Å². The van der Waals surface area contributed by atoms with Gasteiger partial charge in [0.05, 0.1) is 6.61 Å². The molecule has 90 valence electrons. The van der Waals surface area contributed by atoms with Gasteiger partial charge >= 0.3 is 0 Å². The average molecular weight is 233 g/mol. The highest BCUT2D eigenvalue weighted by Gasteiger charge is 2.18. The van der Waals surface area contributed by atoms with Crippen LogP contribution in [0.25, 0.3) is 11.0 Å². The van der Waals surface area contributed by atoms with Crippen molar-refractivity contribution >= 4 is 16.9 Å². The Bertz CT molecular complexity index is 545. The van der Waals surface area contributed by atoms with Crippen LogP contribution in [-0.2, 0) is 0 Å².